The third-order valence-electron chi connectivity index (χ3n) is 6.08. The van der Waals surface area contributed by atoms with Crippen molar-refractivity contribution in [2.45, 2.75) is 40.0 Å². The van der Waals surface area contributed by atoms with Gasteiger partial charge in [-0.3, -0.25) is 4.57 Å². The molecule has 0 saturated carbocycles. The van der Waals surface area contributed by atoms with Crippen LogP contribution in [0.1, 0.15) is 36.7 Å². The number of hydrogen-bond acceptors (Lipinski definition) is 5. The Hall–Kier alpha value is -4.00. The fourth-order valence-electron chi connectivity index (χ4n) is 4.40. The molecule has 7 nitrogen and oxygen atoms in total. The molecule has 2 aromatic heterocycles. The second kappa shape index (κ2) is 8.50. The first-order valence-electron chi connectivity index (χ1n) is 11.2. The number of unbranched alkanes of at least 4 members (excludes halogenated alkanes) is 1. The first-order chi connectivity index (χ1) is 16.1. The number of nitrogens with one attached hydrogen (secondary N) is 1. The summed E-state index contributed by atoms with van der Waals surface area (Å²) in [7, 11) is 0. The molecule has 0 saturated heterocycles. The molecule has 0 spiro atoms. The van der Waals surface area contributed by atoms with Crippen LogP contribution in [0.2, 0.25) is 0 Å². The minimum atomic E-state index is 0.245. The van der Waals surface area contributed by atoms with Gasteiger partial charge in [-0.05, 0) is 65.9 Å². The van der Waals surface area contributed by atoms with Gasteiger partial charge in [0.25, 0.3) is 0 Å². The molecule has 7 heteroatoms. The molecule has 0 aliphatic carbocycles. The maximum absolute atomic E-state index is 10.7. The first-order valence-corrected chi connectivity index (χ1v) is 11.2. The number of aromatic amines is 1. The Balaban J connectivity index is 1.67. The third-order valence-corrected chi connectivity index (χ3v) is 6.08. The van der Waals surface area contributed by atoms with Gasteiger partial charge in [-0.15, -0.1) is 10.2 Å². The van der Waals surface area contributed by atoms with Crippen LogP contribution in [0.3, 0.4) is 0 Å². The van der Waals surface area contributed by atoms with Crippen LogP contribution in [0.25, 0.3) is 39.2 Å². The number of H-pyrrole nitrogens is 1. The number of fused-ring (bicyclic) bond motifs is 1. The Labute approximate surface area is 192 Å². The van der Waals surface area contributed by atoms with Crippen molar-refractivity contribution in [1.82, 2.24) is 30.2 Å². The van der Waals surface area contributed by atoms with Crippen LogP contribution in [0, 0.1) is 13.8 Å². The predicted octanol–water partition coefficient (Wildman–Crippen LogP) is 5.54. The number of rotatable bonds is 6. The highest BCUT2D eigenvalue weighted by atomic mass is 16.3. The van der Waals surface area contributed by atoms with Crippen molar-refractivity contribution < 1.29 is 5.11 Å². The van der Waals surface area contributed by atoms with Crippen LogP contribution in [-0.2, 0) is 6.42 Å². The monoisotopic (exact) mass is 438 g/mol. The topological polar surface area (TPSA) is 92.5 Å². The van der Waals surface area contributed by atoms with Gasteiger partial charge in [-0.2, -0.15) is 5.21 Å². The van der Waals surface area contributed by atoms with E-state index in [1.54, 1.807) is 6.07 Å². The third kappa shape index (κ3) is 3.65. The molecular weight excluding hydrogens is 412 g/mol. The van der Waals surface area contributed by atoms with E-state index in [2.05, 4.69) is 63.3 Å². The molecule has 0 radical (unpaired) electrons. The fraction of sp³-hybridized carbons (Fsp3) is 0.231. The minimum Gasteiger partial charge on any atom is -0.506 e. The van der Waals surface area contributed by atoms with Gasteiger partial charge in [0.1, 0.15) is 17.1 Å². The number of aromatic hydroxyl groups is 1. The second-order valence-electron chi connectivity index (χ2n) is 8.35. The molecule has 0 amide bonds. The number of aromatic nitrogens is 6. The molecule has 2 N–H and O–H groups in total. The van der Waals surface area contributed by atoms with Crippen molar-refractivity contribution in [1.29, 1.82) is 0 Å². The Morgan fingerprint density at radius 2 is 1.76 bits per heavy atom. The maximum atomic E-state index is 10.7. The lowest BCUT2D eigenvalue weighted by atomic mass is 9.95. The Bertz CT molecular complexity index is 1440. The number of nitrogens with zero attached hydrogens (tertiary/aromatic N) is 5. The van der Waals surface area contributed by atoms with Crippen LogP contribution < -0.4 is 0 Å². The summed E-state index contributed by atoms with van der Waals surface area (Å²) in [5.41, 5.74) is 7.84. The highest BCUT2D eigenvalue weighted by Crippen LogP contribution is 2.35. The smallest absolute Gasteiger partial charge is 0.205 e. The summed E-state index contributed by atoms with van der Waals surface area (Å²) in [4.78, 5) is 4.92. The number of benzene rings is 3. The number of hydrogen-bond donors (Lipinski definition) is 2. The van der Waals surface area contributed by atoms with E-state index in [1.165, 1.54) is 0 Å². The van der Waals surface area contributed by atoms with Gasteiger partial charge in [0.15, 0.2) is 0 Å². The van der Waals surface area contributed by atoms with E-state index >= 15 is 0 Å². The number of phenolic OH excluding ortho intramolecular Hbond substituents is 1. The van der Waals surface area contributed by atoms with Gasteiger partial charge in [-0.25, -0.2) is 4.98 Å². The van der Waals surface area contributed by atoms with Gasteiger partial charge >= 0.3 is 0 Å². The average Bonchev–Trinajstić information content (AvgIpc) is 3.49. The van der Waals surface area contributed by atoms with Crippen molar-refractivity contribution in [2.75, 3.05) is 0 Å². The largest absolute Gasteiger partial charge is 0.506 e. The molecule has 0 unspecified atom stereocenters. The van der Waals surface area contributed by atoms with E-state index in [0.717, 1.165) is 69.6 Å². The van der Waals surface area contributed by atoms with Crippen molar-refractivity contribution in [3.63, 3.8) is 0 Å². The lowest BCUT2D eigenvalue weighted by molar-refractivity contribution is 0.479. The van der Waals surface area contributed by atoms with Crippen molar-refractivity contribution in [2.24, 2.45) is 0 Å². The van der Waals surface area contributed by atoms with Gasteiger partial charge < -0.3 is 5.11 Å². The summed E-state index contributed by atoms with van der Waals surface area (Å²) < 4.78 is 2.11. The SMILES string of the molecule is CCCCc1nc2c(C)ccc(O)c2n1-c1ccc(-c2ccccc2-c2nn[nH]n2)c(C)c1. The van der Waals surface area contributed by atoms with Gasteiger partial charge in [0.05, 0.1) is 5.52 Å². The zero-order valence-corrected chi connectivity index (χ0v) is 19.0. The van der Waals surface area contributed by atoms with Crippen LogP contribution in [0.5, 0.6) is 5.75 Å². The summed E-state index contributed by atoms with van der Waals surface area (Å²) in [6, 6.07) is 18.1. The fourth-order valence-corrected chi connectivity index (χ4v) is 4.40. The Kier molecular flexibility index (Phi) is 5.38. The quantitative estimate of drug-likeness (QED) is 0.363. The highest BCUT2D eigenvalue weighted by molar-refractivity contribution is 5.88. The normalized spacial score (nSPS) is 11.4. The number of aryl methyl sites for hydroxylation is 3. The molecule has 0 bridgehead atoms. The van der Waals surface area contributed by atoms with E-state index in [4.69, 9.17) is 4.98 Å². The average molecular weight is 439 g/mol. The van der Waals surface area contributed by atoms with E-state index < -0.39 is 0 Å². The first kappa shape index (κ1) is 20.9. The summed E-state index contributed by atoms with van der Waals surface area (Å²) in [5.74, 6) is 1.78. The van der Waals surface area contributed by atoms with E-state index in [-0.39, 0.29) is 5.75 Å². The van der Waals surface area contributed by atoms with Crippen molar-refractivity contribution in [3.8, 4) is 34.0 Å². The highest BCUT2D eigenvalue weighted by Gasteiger charge is 2.19. The predicted molar refractivity (Wildman–Crippen MR) is 129 cm³/mol. The lowest BCUT2D eigenvalue weighted by Crippen LogP contribution is -2.02. The van der Waals surface area contributed by atoms with Crippen molar-refractivity contribution >= 4 is 11.0 Å². The molecule has 0 aliphatic heterocycles. The summed E-state index contributed by atoms with van der Waals surface area (Å²) in [5, 5.41) is 25.3. The second-order valence-corrected chi connectivity index (χ2v) is 8.35. The number of phenols is 1. The molecule has 0 atom stereocenters. The summed E-state index contributed by atoms with van der Waals surface area (Å²) >= 11 is 0. The lowest BCUT2D eigenvalue weighted by Gasteiger charge is -2.15. The number of imidazole rings is 1. The molecule has 0 fully saturated rings. The molecule has 5 aromatic rings. The molecule has 0 aliphatic rings. The van der Waals surface area contributed by atoms with E-state index in [9.17, 15) is 5.11 Å². The number of tetrazole rings is 1. The summed E-state index contributed by atoms with van der Waals surface area (Å²) in [6.45, 7) is 6.31. The maximum Gasteiger partial charge on any atom is 0.205 e. The Morgan fingerprint density at radius 1 is 0.939 bits per heavy atom. The zero-order valence-electron chi connectivity index (χ0n) is 19.0. The van der Waals surface area contributed by atoms with Gasteiger partial charge in [0.2, 0.25) is 5.82 Å². The van der Waals surface area contributed by atoms with Gasteiger partial charge in [0, 0.05) is 17.7 Å². The molecule has 5 rings (SSSR count). The van der Waals surface area contributed by atoms with Crippen LogP contribution >= 0.6 is 0 Å². The molecule has 3 aromatic carbocycles. The van der Waals surface area contributed by atoms with Crippen molar-refractivity contribution in [3.05, 3.63) is 71.5 Å². The van der Waals surface area contributed by atoms with Crippen LogP contribution in [0.4, 0.5) is 0 Å². The minimum absolute atomic E-state index is 0.245. The summed E-state index contributed by atoms with van der Waals surface area (Å²) in [6.07, 6.45) is 2.97. The zero-order chi connectivity index (χ0) is 22.9. The van der Waals surface area contributed by atoms with E-state index in [0.29, 0.717) is 5.82 Å². The van der Waals surface area contributed by atoms with Crippen LogP contribution in [0.15, 0.2) is 54.6 Å². The molecule has 2 heterocycles. The molecule has 166 valence electrons. The van der Waals surface area contributed by atoms with Crippen LogP contribution in [-0.4, -0.2) is 35.3 Å². The molecule has 33 heavy (non-hydrogen) atoms. The molecular formula is C26H26N6O. The van der Waals surface area contributed by atoms with Gasteiger partial charge in [-0.1, -0.05) is 49.7 Å². The van der Waals surface area contributed by atoms with E-state index in [1.807, 2.05) is 31.2 Å². The Morgan fingerprint density at radius 3 is 2.48 bits per heavy atom. The standard InChI is InChI=1S/C26H26N6O/c1-4-5-10-23-27-24-16(2)11-14-22(33)25(24)32(23)18-12-13-19(17(3)15-18)20-8-6-7-9-21(20)26-28-30-31-29-26/h6-9,11-15,33H,4-5,10H2,1-3H3,(H,28,29,30,31).